The van der Waals surface area contributed by atoms with Gasteiger partial charge >= 0.3 is 5.97 Å². The van der Waals surface area contributed by atoms with Gasteiger partial charge in [0.2, 0.25) is 5.91 Å². The Morgan fingerprint density at radius 3 is 2.60 bits per heavy atom. The second-order valence-corrected chi connectivity index (χ2v) is 5.27. The van der Waals surface area contributed by atoms with Crippen LogP contribution in [-0.2, 0) is 9.59 Å². The van der Waals surface area contributed by atoms with Gasteiger partial charge in [-0.25, -0.2) is 0 Å². The predicted octanol–water partition coefficient (Wildman–Crippen LogP) is 1.76. The number of benzene rings is 1. The first-order chi connectivity index (χ1) is 9.58. The molecular formula is C14H17ClN2O3. The van der Waals surface area contributed by atoms with Gasteiger partial charge in [0.05, 0.1) is 5.92 Å². The Kier molecular flexibility index (Phi) is 4.98. The van der Waals surface area contributed by atoms with E-state index in [1.54, 1.807) is 24.3 Å². The smallest absolute Gasteiger partial charge is 0.323 e. The number of amides is 1. The van der Waals surface area contributed by atoms with Crippen LogP contribution in [0.15, 0.2) is 24.3 Å². The first kappa shape index (κ1) is 14.8. The van der Waals surface area contributed by atoms with Crippen molar-refractivity contribution in [2.75, 3.05) is 24.5 Å². The molecule has 1 aliphatic heterocycles. The van der Waals surface area contributed by atoms with Crippen molar-refractivity contribution in [3.63, 3.8) is 0 Å². The highest BCUT2D eigenvalue weighted by Gasteiger charge is 2.28. The molecule has 0 radical (unpaired) electrons. The van der Waals surface area contributed by atoms with Crippen LogP contribution in [0.4, 0.5) is 5.69 Å². The number of anilines is 1. The molecule has 1 atom stereocenters. The van der Waals surface area contributed by atoms with E-state index in [0.29, 0.717) is 17.3 Å². The Labute approximate surface area is 122 Å². The highest BCUT2D eigenvalue weighted by atomic mass is 35.5. The lowest BCUT2D eigenvalue weighted by atomic mass is 9.98. The Balaban J connectivity index is 2.19. The molecule has 0 bridgehead atoms. The number of aliphatic carboxylic acids is 1. The number of nitrogens with one attached hydrogen (secondary N) is 1. The number of carboxylic acid groups (broad SMARTS) is 1. The first-order valence-corrected chi connectivity index (χ1v) is 6.95. The molecule has 0 aliphatic carbocycles. The number of carbonyl (C=O) groups excluding carboxylic acids is 1. The Morgan fingerprint density at radius 2 is 2.05 bits per heavy atom. The van der Waals surface area contributed by atoms with Crippen molar-refractivity contribution in [3.8, 4) is 0 Å². The Hall–Kier alpha value is -1.59. The quantitative estimate of drug-likeness (QED) is 0.888. The van der Waals surface area contributed by atoms with Crippen molar-refractivity contribution in [1.82, 2.24) is 5.32 Å². The van der Waals surface area contributed by atoms with Gasteiger partial charge in [-0.1, -0.05) is 11.6 Å². The van der Waals surface area contributed by atoms with E-state index in [1.165, 1.54) is 4.90 Å². The molecule has 1 fully saturated rings. The molecule has 0 spiro atoms. The fourth-order valence-corrected chi connectivity index (χ4v) is 2.46. The molecule has 2 rings (SSSR count). The molecule has 6 heteroatoms. The highest BCUT2D eigenvalue weighted by molar-refractivity contribution is 6.30. The van der Waals surface area contributed by atoms with Gasteiger partial charge in [-0.05, 0) is 43.7 Å². The van der Waals surface area contributed by atoms with E-state index in [4.69, 9.17) is 16.7 Å². The maximum atomic E-state index is 12.5. The van der Waals surface area contributed by atoms with Crippen LogP contribution in [0.3, 0.4) is 0 Å². The van der Waals surface area contributed by atoms with Crippen molar-refractivity contribution in [1.29, 1.82) is 0 Å². The number of nitrogens with zero attached hydrogens (tertiary/aromatic N) is 1. The normalized spacial score (nSPS) is 18.6. The van der Waals surface area contributed by atoms with Crippen molar-refractivity contribution >= 4 is 29.2 Å². The average molecular weight is 297 g/mol. The number of hydrogen-bond donors (Lipinski definition) is 2. The summed E-state index contributed by atoms with van der Waals surface area (Å²) in [6.07, 6.45) is 1.72. The van der Waals surface area contributed by atoms with Gasteiger partial charge in [-0.2, -0.15) is 0 Å². The number of carboxylic acids is 1. The lowest BCUT2D eigenvalue weighted by Crippen LogP contribution is -2.45. The van der Waals surface area contributed by atoms with Crippen molar-refractivity contribution in [2.24, 2.45) is 5.92 Å². The zero-order valence-electron chi connectivity index (χ0n) is 11.0. The molecule has 20 heavy (non-hydrogen) atoms. The lowest BCUT2D eigenvalue weighted by molar-refractivity contribution is -0.137. The first-order valence-electron chi connectivity index (χ1n) is 6.57. The van der Waals surface area contributed by atoms with Crippen molar-refractivity contribution in [2.45, 2.75) is 12.8 Å². The second kappa shape index (κ2) is 6.72. The van der Waals surface area contributed by atoms with Gasteiger partial charge in [-0.3, -0.25) is 9.59 Å². The van der Waals surface area contributed by atoms with Crippen LogP contribution in [-0.4, -0.2) is 36.6 Å². The largest absolute Gasteiger partial charge is 0.480 e. The number of hydrogen-bond acceptors (Lipinski definition) is 3. The van der Waals surface area contributed by atoms with Gasteiger partial charge in [0, 0.05) is 17.3 Å². The molecule has 1 amide bonds. The molecule has 0 aromatic heterocycles. The zero-order chi connectivity index (χ0) is 14.5. The van der Waals surface area contributed by atoms with Gasteiger partial charge in [0.25, 0.3) is 0 Å². The standard InChI is InChI=1S/C14H17ClN2O3/c15-11-3-5-12(6-4-11)17(9-13(18)19)14(20)10-2-1-7-16-8-10/h3-6,10,16H,1-2,7-9H2,(H,18,19). The van der Waals surface area contributed by atoms with E-state index >= 15 is 0 Å². The molecule has 1 aromatic carbocycles. The maximum Gasteiger partial charge on any atom is 0.323 e. The highest BCUT2D eigenvalue weighted by Crippen LogP contribution is 2.22. The minimum absolute atomic E-state index is 0.151. The summed E-state index contributed by atoms with van der Waals surface area (Å²) in [4.78, 5) is 24.8. The third-order valence-electron chi connectivity index (χ3n) is 3.34. The molecule has 5 nitrogen and oxygen atoms in total. The number of piperidine rings is 1. The number of halogens is 1. The lowest BCUT2D eigenvalue weighted by Gasteiger charge is -2.28. The summed E-state index contributed by atoms with van der Waals surface area (Å²) in [5.74, 6) is -1.35. The van der Waals surface area contributed by atoms with E-state index in [-0.39, 0.29) is 18.4 Å². The van der Waals surface area contributed by atoms with E-state index < -0.39 is 5.97 Å². The molecule has 1 aromatic rings. The summed E-state index contributed by atoms with van der Waals surface area (Å²) in [7, 11) is 0. The Morgan fingerprint density at radius 1 is 1.35 bits per heavy atom. The fraction of sp³-hybridized carbons (Fsp3) is 0.429. The summed E-state index contributed by atoms with van der Waals surface area (Å²) in [5, 5.41) is 12.7. The second-order valence-electron chi connectivity index (χ2n) is 4.84. The minimum Gasteiger partial charge on any atom is -0.480 e. The molecule has 1 saturated heterocycles. The van der Waals surface area contributed by atoms with E-state index in [1.807, 2.05) is 0 Å². The van der Waals surface area contributed by atoms with Gasteiger partial charge in [-0.15, -0.1) is 0 Å². The minimum atomic E-state index is -1.03. The van der Waals surface area contributed by atoms with E-state index in [2.05, 4.69) is 5.32 Å². The van der Waals surface area contributed by atoms with Crippen LogP contribution in [0.5, 0.6) is 0 Å². The van der Waals surface area contributed by atoms with Crippen molar-refractivity contribution in [3.05, 3.63) is 29.3 Å². The number of carbonyl (C=O) groups is 2. The topological polar surface area (TPSA) is 69.6 Å². The van der Waals surface area contributed by atoms with Crippen LogP contribution < -0.4 is 10.2 Å². The molecule has 108 valence electrons. The third-order valence-corrected chi connectivity index (χ3v) is 3.60. The molecule has 1 aliphatic rings. The SMILES string of the molecule is O=C(O)CN(C(=O)C1CCCNC1)c1ccc(Cl)cc1. The predicted molar refractivity (Wildman–Crippen MR) is 77.0 cm³/mol. The summed E-state index contributed by atoms with van der Waals surface area (Å²) in [6, 6.07) is 6.63. The monoisotopic (exact) mass is 296 g/mol. The summed E-state index contributed by atoms with van der Waals surface area (Å²) < 4.78 is 0. The Bertz CT molecular complexity index is 484. The van der Waals surface area contributed by atoms with E-state index in [0.717, 1.165) is 19.4 Å². The summed E-state index contributed by atoms with van der Waals surface area (Å²) >= 11 is 5.82. The molecule has 2 N–H and O–H groups in total. The zero-order valence-corrected chi connectivity index (χ0v) is 11.8. The summed E-state index contributed by atoms with van der Waals surface area (Å²) in [6.45, 7) is 1.17. The number of rotatable bonds is 4. The van der Waals surface area contributed by atoms with Gasteiger partial charge in [0.15, 0.2) is 0 Å². The van der Waals surface area contributed by atoms with Gasteiger partial charge < -0.3 is 15.3 Å². The fourth-order valence-electron chi connectivity index (χ4n) is 2.34. The van der Waals surface area contributed by atoms with Crippen LogP contribution in [0.1, 0.15) is 12.8 Å². The van der Waals surface area contributed by atoms with Crippen LogP contribution >= 0.6 is 11.6 Å². The van der Waals surface area contributed by atoms with Gasteiger partial charge in [0.1, 0.15) is 6.54 Å². The van der Waals surface area contributed by atoms with Crippen LogP contribution in [0.2, 0.25) is 5.02 Å². The molecule has 1 heterocycles. The maximum absolute atomic E-state index is 12.5. The molecular weight excluding hydrogens is 280 g/mol. The molecule has 0 saturated carbocycles. The van der Waals surface area contributed by atoms with E-state index in [9.17, 15) is 9.59 Å². The average Bonchev–Trinajstić information content (AvgIpc) is 2.46. The van der Waals surface area contributed by atoms with Crippen molar-refractivity contribution < 1.29 is 14.7 Å². The van der Waals surface area contributed by atoms with Crippen LogP contribution in [0.25, 0.3) is 0 Å². The summed E-state index contributed by atoms with van der Waals surface area (Å²) in [5.41, 5.74) is 0.562. The van der Waals surface area contributed by atoms with Crippen LogP contribution in [0, 0.1) is 5.92 Å². The molecule has 1 unspecified atom stereocenters. The third kappa shape index (κ3) is 3.71.